The van der Waals surface area contributed by atoms with Gasteiger partial charge in [-0.2, -0.15) is 0 Å². The summed E-state index contributed by atoms with van der Waals surface area (Å²) in [5.74, 6) is 0.0559. The molecular formula is C28H33N3O4. The van der Waals surface area contributed by atoms with E-state index >= 15 is 0 Å². The average molecular weight is 476 g/mol. The van der Waals surface area contributed by atoms with Crippen molar-refractivity contribution < 1.29 is 19.4 Å². The zero-order valence-corrected chi connectivity index (χ0v) is 20.4. The SMILES string of the molecule is COC(=O)N1CCc2ccc3c(nc([C@@H]4CCC[C@@H](C(=O)O)C4)n3[C@@H](C)Cc3ccccc3)c2C1. The average Bonchev–Trinajstić information content (AvgIpc) is 3.29. The Labute approximate surface area is 205 Å². The predicted octanol–water partition coefficient (Wildman–Crippen LogP) is 5.32. The number of carboxylic acid groups (broad SMARTS) is 1. The van der Waals surface area contributed by atoms with Crippen molar-refractivity contribution in [2.45, 2.75) is 64.0 Å². The van der Waals surface area contributed by atoms with Gasteiger partial charge >= 0.3 is 12.1 Å². The first kappa shape index (κ1) is 23.4. The maximum Gasteiger partial charge on any atom is 0.409 e. The van der Waals surface area contributed by atoms with Gasteiger partial charge in [-0.1, -0.05) is 42.8 Å². The molecule has 0 bridgehead atoms. The molecule has 35 heavy (non-hydrogen) atoms. The van der Waals surface area contributed by atoms with Crippen molar-refractivity contribution in [1.82, 2.24) is 14.5 Å². The summed E-state index contributed by atoms with van der Waals surface area (Å²) in [5, 5.41) is 9.70. The standard InChI is InChI=1S/C28H33N3O4/c1-18(15-19-7-4-3-5-8-19)31-24-12-11-20-13-14-30(28(34)35-2)17-23(20)25(24)29-26(31)21-9-6-10-22(16-21)27(32)33/h3-5,7-8,11-12,18,21-22H,6,9-10,13-17H2,1-2H3,(H,32,33)/t18-,21+,22+/m0/s1. The molecule has 0 saturated heterocycles. The van der Waals surface area contributed by atoms with Crippen LogP contribution in [0.2, 0.25) is 0 Å². The molecule has 1 fully saturated rings. The number of aliphatic carboxylic acids is 1. The Morgan fingerprint density at radius 3 is 2.71 bits per heavy atom. The van der Waals surface area contributed by atoms with E-state index in [4.69, 9.17) is 9.72 Å². The van der Waals surface area contributed by atoms with Crippen LogP contribution in [0.25, 0.3) is 11.0 Å². The molecule has 3 aromatic rings. The topological polar surface area (TPSA) is 84.7 Å². The van der Waals surface area contributed by atoms with E-state index < -0.39 is 5.97 Å². The second-order valence-electron chi connectivity index (χ2n) is 9.99. The summed E-state index contributed by atoms with van der Waals surface area (Å²) in [5.41, 5.74) is 5.55. The number of rotatable bonds is 5. The van der Waals surface area contributed by atoms with E-state index in [0.717, 1.165) is 54.5 Å². The van der Waals surface area contributed by atoms with Gasteiger partial charge in [0.25, 0.3) is 0 Å². The molecule has 1 amide bonds. The summed E-state index contributed by atoms with van der Waals surface area (Å²) < 4.78 is 7.33. The number of hydrogen-bond donors (Lipinski definition) is 1. The first-order valence-electron chi connectivity index (χ1n) is 12.6. The molecule has 0 unspecified atom stereocenters. The molecule has 1 saturated carbocycles. The number of imidazole rings is 1. The number of fused-ring (bicyclic) bond motifs is 3. The fraction of sp³-hybridized carbons (Fsp3) is 0.464. The molecular weight excluding hydrogens is 442 g/mol. The number of benzene rings is 2. The van der Waals surface area contributed by atoms with E-state index in [0.29, 0.717) is 19.5 Å². The van der Waals surface area contributed by atoms with Gasteiger partial charge in [0.1, 0.15) is 5.82 Å². The predicted molar refractivity (Wildman–Crippen MR) is 133 cm³/mol. The van der Waals surface area contributed by atoms with E-state index in [-0.39, 0.29) is 24.0 Å². The zero-order valence-electron chi connectivity index (χ0n) is 20.4. The second-order valence-corrected chi connectivity index (χ2v) is 9.99. The van der Waals surface area contributed by atoms with Gasteiger partial charge in [0, 0.05) is 24.1 Å². The molecule has 1 aliphatic heterocycles. The number of carbonyl (C=O) groups excluding carboxylic acids is 1. The molecule has 2 aromatic carbocycles. The van der Waals surface area contributed by atoms with Crippen LogP contribution < -0.4 is 0 Å². The van der Waals surface area contributed by atoms with Crippen LogP contribution >= 0.6 is 0 Å². The lowest BCUT2D eigenvalue weighted by Gasteiger charge is -2.28. The summed E-state index contributed by atoms with van der Waals surface area (Å²) in [6.45, 7) is 3.33. The first-order valence-corrected chi connectivity index (χ1v) is 12.6. The minimum Gasteiger partial charge on any atom is -0.481 e. The molecule has 5 rings (SSSR count). The van der Waals surface area contributed by atoms with Gasteiger partial charge in [-0.15, -0.1) is 0 Å². The van der Waals surface area contributed by atoms with Crippen molar-refractivity contribution >= 4 is 23.1 Å². The van der Waals surface area contributed by atoms with Crippen molar-refractivity contribution in [1.29, 1.82) is 0 Å². The Bertz CT molecular complexity index is 1240. The largest absolute Gasteiger partial charge is 0.481 e. The molecule has 3 atom stereocenters. The highest BCUT2D eigenvalue weighted by atomic mass is 16.5. The minimum absolute atomic E-state index is 0.103. The molecule has 1 N–H and O–H groups in total. The van der Waals surface area contributed by atoms with Crippen molar-refractivity contribution in [3.05, 3.63) is 65.0 Å². The summed E-state index contributed by atoms with van der Waals surface area (Å²) in [6.07, 6.45) is 4.50. The van der Waals surface area contributed by atoms with Gasteiger partial charge in [-0.25, -0.2) is 9.78 Å². The van der Waals surface area contributed by atoms with Gasteiger partial charge in [-0.05, 0) is 56.2 Å². The molecule has 2 aliphatic rings. The van der Waals surface area contributed by atoms with E-state index in [1.165, 1.54) is 18.2 Å². The summed E-state index contributed by atoms with van der Waals surface area (Å²) in [6, 6.07) is 14.9. The van der Waals surface area contributed by atoms with Gasteiger partial charge in [0.2, 0.25) is 0 Å². The molecule has 184 valence electrons. The van der Waals surface area contributed by atoms with Crippen LogP contribution in [0.5, 0.6) is 0 Å². The van der Waals surface area contributed by atoms with Crippen LogP contribution in [0.3, 0.4) is 0 Å². The summed E-state index contributed by atoms with van der Waals surface area (Å²) in [4.78, 5) is 31.0. The van der Waals surface area contributed by atoms with Crippen LogP contribution in [0, 0.1) is 5.92 Å². The third-order valence-corrected chi connectivity index (χ3v) is 7.73. The highest BCUT2D eigenvalue weighted by molar-refractivity contribution is 5.82. The minimum atomic E-state index is -0.708. The van der Waals surface area contributed by atoms with Crippen LogP contribution in [-0.4, -0.2) is 45.3 Å². The Hall–Kier alpha value is -3.35. The lowest BCUT2D eigenvalue weighted by Crippen LogP contribution is -2.35. The van der Waals surface area contributed by atoms with Crippen molar-refractivity contribution in [2.24, 2.45) is 5.92 Å². The van der Waals surface area contributed by atoms with Crippen LogP contribution in [0.1, 0.15) is 67.1 Å². The normalized spacial score (nSPS) is 20.9. The van der Waals surface area contributed by atoms with Gasteiger partial charge in [0.15, 0.2) is 0 Å². The lowest BCUT2D eigenvalue weighted by molar-refractivity contribution is -0.143. The smallest absolute Gasteiger partial charge is 0.409 e. The van der Waals surface area contributed by atoms with Gasteiger partial charge < -0.3 is 19.3 Å². The Morgan fingerprint density at radius 2 is 1.97 bits per heavy atom. The number of ether oxygens (including phenoxy) is 1. The molecule has 2 heterocycles. The Morgan fingerprint density at radius 1 is 1.17 bits per heavy atom. The summed E-state index contributed by atoms with van der Waals surface area (Å²) >= 11 is 0. The highest BCUT2D eigenvalue weighted by Crippen LogP contribution is 2.40. The fourth-order valence-electron chi connectivity index (χ4n) is 5.94. The number of hydrogen-bond acceptors (Lipinski definition) is 4. The van der Waals surface area contributed by atoms with E-state index in [2.05, 4.69) is 47.9 Å². The van der Waals surface area contributed by atoms with E-state index in [9.17, 15) is 14.7 Å². The van der Waals surface area contributed by atoms with Crippen LogP contribution in [0.15, 0.2) is 42.5 Å². The number of aromatic nitrogens is 2. The highest BCUT2D eigenvalue weighted by Gasteiger charge is 2.33. The molecule has 0 spiro atoms. The number of nitrogens with zero attached hydrogens (tertiary/aromatic N) is 3. The van der Waals surface area contributed by atoms with Crippen LogP contribution in [0.4, 0.5) is 4.79 Å². The third kappa shape index (κ3) is 4.51. The van der Waals surface area contributed by atoms with Crippen molar-refractivity contribution in [3.8, 4) is 0 Å². The maximum atomic E-state index is 12.3. The molecule has 1 aromatic heterocycles. The van der Waals surface area contributed by atoms with Crippen molar-refractivity contribution in [2.75, 3.05) is 13.7 Å². The fourth-order valence-corrected chi connectivity index (χ4v) is 5.94. The number of methoxy groups -OCH3 is 1. The molecule has 1 aliphatic carbocycles. The number of amides is 1. The second kappa shape index (κ2) is 9.72. The molecule has 7 nitrogen and oxygen atoms in total. The number of carbonyl (C=O) groups is 2. The molecule has 7 heteroatoms. The van der Waals surface area contributed by atoms with Gasteiger partial charge in [-0.3, -0.25) is 4.79 Å². The monoisotopic (exact) mass is 475 g/mol. The Balaban J connectivity index is 1.60. The van der Waals surface area contributed by atoms with Gasteiger partial charge in [0.05, 0.1) is 30.6 Å². The maximum absolute atomic E-state index is 12.3. The van der Waals surface area contributed by atoms with Crippen molar-refractivity contribution in [3.63, 3.8) is 0 Å². The lowest BCUT2D eigenvalue weighted by atomic mass is 9.81. The number of carboxylic acids is 1. The van der Waals surface area contributed by atoms with E-state index in [1.807, 2.05) is 6.07 Å². The quantitative estimate of drug-likeness (QED) is 0.540. The molecule has 0 radical (unpaired) electrons. The van der Waals surface area contributed by atoms with Crippen LogP contribution in [-0.2, 0) is 28.9 Å². The summed E-state index contributed by atoms with van der Waals surface area (Å²) in [7, 11) is 1.42. The van der Waals surface area contributed by atoms with E-state index in [1.54, 1.807) is 4.90 Å². The Kier molecular flexibility index (Phi) is 6.50. The zero-order chi connectivity index (χ0) is 24.5. The third-order valence-electron chi connectivity index (χ3n) is 7.73. The first-order chi connectivity index (χ1) is 17.0.